The fourth-order valence-corrected chi connectivity index (χ4v) is 4.49. The Morgan fingerprint density at radius 1 is 0.943 bits per heavy atom. The van der Waals surface area contributed by atoms with Crippen molar-refractivity contribution in [1.29, 1.82) is 0 Å². The molecule has 0 spiro atoms. The predicted molar refractivity (Wildman–Crippen MR) is 137 cm³/mol. The van der Waals surface area contributed by atoms with Gasteiger partial charge >= 0.3 is 0 Å². The number of benzene rings is 2. The van der Waals surface area contributed by atoms with E-state index in [1.165, 1.54) is 11.8 Å². The molecule has 0 fully saturated rings. The summed E-state index contributed by atoms with van der Waals surface area (Å²) in [6.45, 7) is 3.94. The summed E-state index contributed by atoms with van der Waals surface area (Å²) in [6, 6.07) is 23.4. The molecule has 174 valence electrons. The molecule has 2 aromatic carbocycles. The molecule has 35 heavy (non-hydrogen) atoms. The number of rotatable bonds is 7. The van der Waals surface area contributed by atoms with Crippen LogP contribution < -0.4 is 5.32 Å². The third-order valence-electron chi connectivity index (χ3n) is 5.36. The number of para-hydroxylation sites is 2. The van der Waals surface area contributed by atoms with E-state index in [2.05, 4.69) is 25.6 Å². The molecule has 3 heterocycles. The van der Waals surface area contributed by atoms with Gasteiger partial charge in [-0.15, -0.1) is 10.2 Å². The molecule has 0 saturated carbocycles. The van der Waals surface area contributed by atoms with Gasteiger partial charge in [0.15, 0.2) is 11.0 Å². The predicted octanol–water partition coefficient (Wildman–Crippen LogP) is 4.86. The van der Waals surface area contributed by atoms with E-state index >= 15 is 0 Å². The van der Waals surface area contributed by atoms with E-state index in [-0.39, 0.29) is 11.7 Å². The Morgan fingerprint density at radius 3 is 2.46 bits per heavy atom. The highest BCUT2D eigenvalue weighted by Crippen LogP contribution is 2.29. The minimum atomic E-state index is -0.156. The number of aryl methyl sites for hydroxylation is 2. The van der Waals surface area contributed by atoms with Crippen molar-refractivity contribution in [2.24, 2.45) is 0 Å². The lowest BCUT2D eigenvalue weighted by Crippen LogP contribution is -2.17. The molecule has 5 aromatic rings. The molecule has 1 amide bonds. The number of carbonyl (C=O) groups is 1. The smallest absolute Gasteiger partial charge is 0.236 e. The molecule has 0 atom stereocenters. The maximum atomic E-state index is 12.9. The third kappa shape index (κ3) is 4.85. The molecule has 0 aliphatic heterocycles. The molecule has 0 aliphatic rings. The Hall–Kier alpha value is -4.24. The SMILES string of the molecule is Cc1cc(NC(=O)CSc2nnc(-c3ccncc3)n2-c2ccccc2C)n(-c2ccccc2)n1. The molecular weight excluding hydrogens is 458 g/mol. The standard InChI is InChI=1S/C26H23N7OS/c1-18-8-6-7-11-22(18)32-25(20-12-14-27-15-13-20)29-30-26(32)35-17-24(34)28-23-16-19(2)31-33(23)21-9-4-3-5-10-21/h3-16H,17H2,1-2H3,(H,28,34). The second kappa shape index (κ2) is 9.94. The van der Waals surface area contributed by atoms with E-state index in [1.54, 1.807) is 17.1 Å². The topological polar surface area (TPSA) is 90.5 Å². The molecule has 0 saturated heterocycles. The van der Waals surface area contributed by atoms with Gasteiger partial charge in [-0.25, -0.2) is 4.68 Å². The summed E-state index contributed by atoms with van der Waals surface area (Å²) in [6.07, 6.45) is 3.45. The zero-order valence-electron chi connectivity index (χ0n) is 19.3. The summed E-state index contributed by atoms with van der Waals surface area (Å²) in [5, 5.41) is 17.0. The minimum Gasteiger partial charge on any atom is -0.310 e. The lowest BCUT2D eigenvalue weighted by molar-refractivity contribution is -0.113. The first kappa shape index (κ1) is 22.5. The number of hydrogen-bond donors (Lipinski definition) is 1. The number of pyridine rings is 1. The summed E-state index contributed by atoms with van der Waals surface area (Å²) in [4.78, 5) is 17.0. The summed E-state index contributed by atoms with van der Waals surface area (Å²) >= 11 is 1.33. The number of nitrogens with one attached hydrogen (secondary N) is 1. The largest absolute Gasteiger partial charge is 0.310 e. The van der Waals surface area contributed by atoms with Gasteiger partial charge in [0, 0.05) is 24.0 Å². The molecule has 8 nitrogen and oxygen atoms in total. The minimum absolute atomic E-state index is 0.156. The summed E-state index contributed by atoms with van der Waals surface area (Å²) < 4.78 is 3.72. The maximum absolute atomic E-state index is 12.9. The van der Waals surface area contributed by atoms with Gasteiger partial charge in [0.05, 0.1) is 22.8 Å². The van der Waals surface area contributed by atoms with Crippen LogP contribution in [0.3, 0.4) is 0 Å². The van der Waals surface area contributed by atoms with E-state index in [0.717, 1.165) is 28.2 Å². The van der Waals surface area contributed by atoms with Gasteiger partial charge in [-0.1, -0.05) is 48.2 Å². The molecular formula is C26H23N7OS. The first-order valence-corrected chi connectivity index (χ1v) is 12.1. The van der Waals surface area contributed by atoms with Crippen LogP contribution in [0.1, 0.15) is 11.3 Å². The molecule has 3 aromatic heterocycles. The summed E-state index contributed by atoms with van der Waals surface area (Å²) in [5.41, 5.74) is 4.64. The lowest BCUT2D eigenvalue weighted by atomic mass is 10.2. The van der Waals surface area contributed by atoms with Crippen LogP contribution in [0.25, 0.3) is 22.8 Å². The zero-order chi connectivity index (χ0) is 24.2. The lowest BCUT2D eigenvalue weighted by Gasteiger charge is -2.13. The van der Waals surface area contributed by atoms with E-state index in [1.807, 2.05) is 91.2 Å². The number of carbonyl (C=O) groups excluding carboxylic acids is 1. The van der Waals surface area contributed by atoms with Crippen LogP contribution in [-0.2, 0) is 4.79 Å². The van der Waals surface area contributed by atoms with Crippen LogP contribution in [0.4, 0.5) is 5.82 Å². The van der Waals surface area contributed by atoms with Gasteiger partial charge in [-0.05, 0) is 49.7 Å². The van der Waals surface area contributed by atoms with Crippen molar-refractivity contribution in [3.8, 4) is 22.8 Å². The van der Waals surface area contributed by atoms with Crippen molar-refractivity contribution in [1.82, 2.24) is 29.5 Å². The second-order valence-electron chi connectivity index (χ2n) is 7.92. The third-order valence-corrected chi connectivity index (χ3v) is 6.29. The molecule has 9 heteroatoms. The van der Waals surface area contributed by atoms with Crippen molar-refractivity contribution in [3.05, 3.63) is 96.4 Å². The highest BCUT2D eigenvalue weighted by Gasteiger charge is 2.19. The average Bonchev–Trinajstić information content (AvgIpc) is 3.47. The molecule has 0 aliphatic carbocycles. The molecule has 0 unspecified atom stereocenters. The molecule has 1 N–H and O–H groups in total. The molecule has 5 rings (SSSR count). The van der Waals surface area contributed by atoms with Crippen LogP contribution in [0.5, 0.6) is 0 Å². The van der Waals surface area contributed by atoms with Crippen LogP contribution in [0.2, 0.25) is 0 Å². The van der Waals surface area contributed by atoms with Gasteiger partial charge in [-0.2, -0.15) is 5.10 Å². The summed E-state index contributed by atoms with van der Waals surface area (Å²) in [7, 11) is 0. The first-order chi connectivity index (χ1) is 17.1. The molecule has 0 bridgehead atoms. The van der Waals surface area contributed by atoms with Crippen molar-refractivity contribution in [2.45, 2.75) is 19.0 Å². The quantitative estimate of drug-likeness (QED) is 0.334. The van der Waals surface area contributed by atoms with Gasteiger partial charge in [0.2, 0.25) is 5.91 Å². The Kier molecular flexibility index (Phi) is 6.40. The van der Waals surface area contributed by atoms with Crippen molar-refractivity contribution in [3.63, 3.8) is 0 Å². The van der Waals surface area contributed by atoms with E-state index in [9.17, 15) is 4.79 Å². The van der Waals surface area contributed by atoms with Crippen LogP contribution in [0.15, 0.2) is 90.3 Å². The van der Waals surface area contributed by atoms with Crippen LogP contribution in [0, 0.1) is 13.8 Å². The average molecular weight is 482 g/mol. The van der Waals surface area contributed by atoms with Crippen molar-refractivity contribution < 1.29 is 4.79 Å². The fraction of sp³-hybridized carbons (Fsp3) is 0.115. The van der Waals surface area contributed by atoms with Gasteiger partial charge in [0.25, 0.3) is 0 Å². The molecule has 0 radical (unpaired) electrons. The van der Waals surface area contributed by atoms with Crippen LogP contribution in [-0.4, -0.2) is 41.2 Å². The number of thioether (sulfide) groups is 1. The highest BCUT2D eigenvalue weighted by molar-refractivity contribution is 7.99. The van der Waals surface area contributed by atoms with Gasteiger partial charge in [-0.3, -0.25) is 14.3 Å². The number of aromatic nitrogens is 6. The number of nitrogens with zero attached hydrogens (tertiary/aromatic N) is 6. The van der Waals surface area contributed by atoms with Crippen molar-refractivity contribution >= 4 is 23.5 Å². The first-order valence-electron chi connectivity index (χ1n) is 11.1. The van der Waals surface area contributed by atoms with Crippen LogP contribution >= 0.6 is 11.8 Å². The van der Waals surface area contributed by atoms with E-state index in [4.69, 9.17) is 0 Å². The zero-order valence-corrected chi connectivity index (χ0v) is 20.1. The number of amides is 1. The number of anilines is 1. The van der Waals surface area contributed by atoms with E-state index < -0.39 is 0 Å². The van der Waals surface area contributed by atoms with Gasteiger partial charge < -0.3 is 5.32 Å². The van der Waals surface area contributed by atoms with Gasteiger partial charge in [0.1, 0.15) is 5.82 Å². The van der Waals surface area contributed by atoms with E-state index in [0.29, 0.717) is 16.8 Å². The Morgan fingerprint density at radius 2 is 1.69 bits per heavy atom. The Balaban J connectivity index is 1.40. The Bertz CT molecular complexity index is 1460. The summed E-state index contributed by atoms with van der Waals surface area (Å²) in [5.74, 6) is 1.33. The maximum Gasteiger partial charge on any atom is 0.236 e. The van der Waals surface area contributed by atoms with Crippen molar-refractivity contribution in [2.75, 3.05) is 11.1 Å². The second-order valence-corrected chi connectivity index (χ2v) is 8.86. The number of hydrogen-bond acceptors (Lipinski definition) is 6. The monoisotopic (exact) mass is 481 g/mol. The fourth-order valence-electron chi connectivity index (χ4n) is 3.75. The normalized spacial score (nSPS) is 10.9. The Labute approximate surface area is 207 Å². The highest BCUT2D eigenvalue weighted by atomic mass is 32.2.